The molecule has 200 valence electrons. The first-order valence-electron chi connectivity index (χ1n) is 13.3. The third-order valence-corrected chi connectivity index (χ3v) is 12.7. The number of hydrogen-bond donors (Lipinski definition) is 0. The fourth-order valence-electron chi connectivity index (χ4n) is 5.78. The predicted octanol–water partition coefficient (Wildman–Crippen LogP) is 10.6. The summed E-state index contributed by atoms with van der Waals surface area (Å²) in [4.78, 5) is 5.47. The summed E-state index contributed by atoms with van der Waals surface area (Å²) in [6.45, 7) is 29.2. The van der Waals surface area contributed by atoms with Crippen molar-refractivity contribution in [2.75, 3.05) is 0 Å². The molecule has 0 N–H and O–H groups in total. The molecule has 1 nitrogen and oxygen atoms in total. The van der Waals surface area contributed by atoms with Crippen LogP contribution in [0.5, 0.6) is 0 Å². The fraction of sp³-hybridized carbons (Fsp3) is 0.545. The van der Waals surface area contributed by atoms with Crippen molar-refractivity contribution >= 4 is 8.24 Å². The van der Waals surface area contributed by atoms with Crippen LogP contribution in [0.1, 0.15) is 79.4 Å². The van der Waals surface area contributed by atoms with E-state index in [2.05, 4.69) is 75.8 Å². The summed E-state index contributed by atoms with van der Waals surface area (Å²) in [5.41, 5.74) is 3.15. The summed E-state index contributed by atoms with van der Waals surface area (Å²) in [6.07, 6.45) is 2.67. The summed E-state index contributed by atoms with van der Waals surface area (Å²) in [5, 5.41) is 0. The van der Waals surface area contributed by atoms with Crippen LogP contribution in [-0.4, -0.2) is 13.8 Å². The van der Waals surface area contributed by atoms with Crippen LogP contribution < -0.4 is 0 Å². The van der Waals surface area contributed by atoms with Gasteiger partial charge in [-0.25, -0.2) is 0 Å². The van der Waals surface area contributed by atoms with Crippen LogP contribution in [0.2, 0.25) is 18.1 Å². The van der Waals surface area contributed by atoms with Gasteiger partial charge in [0.15, 0.2) is 0 Å². The Balaban J connectivity index is 0. The van der Waals surface area contributed by atoms with Crippen molar-refractivity contribution in [3.8, 4) is 0 Å². The van der Waals surface area contributed by atoms with Crippen LogP contribution in [0.15, 0.2) is 60.7 Å². The average Bonchev–Trinajstić information content (AvgIpc) is 2.96. The van der Waals surface area contributed by atoms with Gasteiger partial charge in [0.2, 0.25) is 0 Å². The van der Waals surface area contributed by atoms with Gasteiger partial charge in [0.1, 0.15) is 0 Å². The molecule has 0 radical (unpaired) electrons. The number of nitrogens with zero attached hydrogens (tertiary/aromatic N) is 1. The van der Waals surface area contributed by atoms with Crippen molar-refractivity contribution in [2.24, 2.45) is 23.7 Å². The zero-order chi connectivity index (χ0) is 25.9. The zero-order valence-corrected chi connectivity index (χ0v) is 27.7. The second-order valence-electron chi connectivity index (χ2n) is 11.7. The molecule has 4 unspecified atom stereocenters. The van der Waals surface area contributed by atoms with E-state index in [1.807, 2.05) is 60.7 Å². The van der Waals surface area contributed by atoms with Gasteiger partial charge in [-0.15, -0.1) is 29.8 Å². The molecule has 1 aliphatic rings. The monoisotopic (exact) mass is 541 g/mol. The molecule has 0 saturated heterocycles. The zero-order valence-electron chi connectivity index (χ0n) is 25.1. The van der Waals surface area contributed by atoms with Gasteiger partial charge in [-0.3, -0.25) is 0 Å². The number of benzene rings is 2. The van der Waals surface area contributed by atoms with Crippen molar-refractivity contribution in [1.29, 1.82) is 0 Å². The van der Waals surface area contributed by atoms with Gasteiger partial charge in [0, 0.05) is 0 Å². The first-order chi connectivity index (χ1) is 15.8. The Morgan fingerprint density at radius 3 is 1.36 bits per heavy atom. The minimum atomic E-state index is -1.56. The number of rotatable bonds is 5. The molecule has 5 atom stereocenters. The molecule has 1 saturated carbocycles. The van der Waals surface area contributed by atoms with Crippen LogP contribution in [0.3, 0.4) is 0 Å². The van der Waals surface area contributed by atoms with Crippen LogP contribution in [0, 0.1) is 44.9 Å². The van der Waals surface area contributed by atoms with E-state index in [1.54, 1.807) is 0 Å². The molecule has 36 heavy (non-hydrogen) atoms. The largest absolute Gasteiger partial charge is 4.00 e. The minimum Gasteiger partial charge on any atom is -0.659 e. The second-order valence-corrected chi connectivity index (χ2v) is 15.8. The topological polar surface area (TPSA) is 14.1 Å². The number of unbranched alkanes of at least 4 members (excludes halogenated alkanes) is 1. The summed E-state index contributed by atoms with van der Waals surface area (Å²) >= 11 is 0. The van der Waals surface area contributed by atoms with Crippen LogP contribution in [0.4, 0.5) is 0 Å². The van der Waals surface area contributed by atoms with E-state index < -0.39 is 8.24 Å². The molecule has 1 fully saturated rings. The molecule has 2 aromatic rings. The molecule has 2 aromatic carbocycles. The smallest absolute Gasteiger partial charge is 0.659 e. The third-order valence-electron chi connectivity index (χ3n) is 7.65. The Labute approximate surface area is 242 Å². The molecular formula is C33H55NSiTi. The maximum Gasteiger partial charge on any atom is 4.00 e. The van der Waals surface area contributed by atoms with Gasteiger partial charge in [-0.1, -0.05) is 107 Å². The van der Waals surface area contributed by atoms with Gasteiger partial charge < -0.3 is 12.4 Å². The molecule has 0 spiro atoms. The summed E-state index contributed by atoms with van der Waals surface area (Å²) < 4.78 is 0. The van der Waals surface area contributed by atoms with E-state index in [0.717, 1.165) is 40.3 Å². The maximum absolute atomic E-state index is 5.47. The van der Waals surface area contributed by atoms with E-state index in [9.17, 15) is 0 Å². The van der Waals surface area contributed by atoms with E-state index in [0.29, 0.717) is 0 Å². The van der Waals surface area contributed by atoms with E-state index >= 15 is 0 Å². The Morgan fingerprint density at radius 2 is 1.11 bits per heavy atom. The summed E-state index contributed by atoms with van der Waals surface area (Å²) in [7, 11) is -1.56. The quantitative estimate of drug-likeness (QED) is 0.264. The molecule has 0 amide bonds. The third kappa shape index (κ3) is 12.5. The maximum atomic E-state index is 5.47. The normalized spacial score (nSPS) is 24.4. The Kier molecular flexibility index (Phi) is 18.2. The van der Waals surface area contributed by atoms with Gasteiger partial charge in [-0.05, 0) is 23.7 Å². The predicted molar refractivity (Wildman–Crippen MR) is 163 cm³/mol. The SMILES string of the molecule is CCCC[Si@](C)([N-]C(C)(C)C)C1C(C)C(C)C(C)C1C.[CH2-]c1ccccc1.[CH2-]c1ccccc1.[CH3-].[Ti+4]. The van der Waals surface area contributed by atoms with Crippen LogP contribution in [-0.2, 0) is 21.7 Å². The molecule has 0 heterocycles. The van der Waals surface area contributed by atoms with Crippen LogP contribution in [0.25, 0.3) is 4.98 Å². The summed E-state index contributed by atoms with van der Waals surface area (Å²) in [6, 6.07) is 21.1. The average molecular weight is 542 g/mol. The van der Waals surface area contributed by atoms with Crippen molar-refractivity contribution in [1.82, 2.24) is 0 Å². The molecule has 0 aliphatic heterocycles. The molecule has 1 aliphatic carbocycles. The van der Waals surface area contributed by atoms with E-state index in [-0.39, 0.29) is 34.7 Å². The van der Waals surface area contributed by atoms with Crippen molar-refractivity contribution < 1.29 is 21.7 Å². The molecule has 3 heteroatoms. The first-order valence-corrected chi connectivity index (χ1v) is 16.0. The van der Waals surface area contributed by atoms with Crippen molar-refractivity contribution in [3.05, 3.63) is 98.0 Å². The first kappa shape index (κ1) is 37.2. The Hall–Kier alpha value is -0.929. The van der Waals surface area contributed by atoms with Crippen molar-refractivity contribution in [2.45, 2.75) is 91.9 Å². The Morgan fingerprint density at radius 1 is 0.750 bits per heavy atom. The Bertz CT molecular complexity index is 737. The molecular weight excluding hydrogens is 486 g/mol. The van der Waals surface area contributed by atoms with Gasteiger partial charge in [0.25, 0.3) is 0 Å². The number of hydrogen-bond acceptors (Lipinski definition) is 0. The van der Waals surface area contributed by atoms with Gasteiger partial charge in [-0.2, -0.15) is 49.2 Å². The van der Waals surface area contributed by atoms with Crippen molar-refractivity contribution in [3.63, 3.8) is 0 Å². The molecule has 3 rings (SSSR count). The minimum absolute atomic E-state index is 0. The molecule has 0 bridgehead atoms. The second kappa shape index (κ2) is 17.6. The van der Waals surface area contributed by atoms with Crippen LogP contribution >= 0.6 is 0 Å². The van der Waals surface area contributed by atoms with Gasteiger partial charge >= 0.3 is 21.7 Å². The standard InChI is InChI=1S/C18H38NSi.2C7H7.CH3.Ti/c1-10-11-12-20(9,19-18(6,7)8)17-15(4)13(2)14(3)16(17)5;2*1-7-5-3-2-4-6-7;;/h13-17H,10-12H2,1-9H3;2*2-6H,1H2;1H3;/q4*-1;+4/t13?,14?,15?,16?,17?,20-;;;;/m0..../s1. The molecule has 0 aromatic heterocycles. The van der Waals surface area contributed by atoms with Gasteiger partial charge in [0.05, 0.1) is 0 Å². The fourth-order valence-corrected chi connectivity index (χ4v) is 11.8. The van der Waals surface area contributed by atoms with E-state index in [1.165, 1.54) is 18.9 Å². The van der Waals surface area contributed by atoms with E-state index in [4.69, 9.17) is 4.98 Å². The summed E-state index contributed by atoms with van der Waals surface area (Å²) in [5.74, 6) is 3.41.